The van der Waals surface area contributed by atoms with E-state index in [0.29, 0.717) is 81.1 Å². The molecule has 5 N–H and O–H groups in total. The molecule has 376 valence electrons. The zero-order valence-electron chi connectivity index (χ0n) is 38.2. The fourth-order valence-electron chi connectivity index (χ4n) is 6.10. The number of aliphatic carboxylic acids is 2. The molecule has 0 aromatic carbocycles. The minimum Gasteiger partial charge on any atom is -0.478 e. The average Bonchev–Trinajstić information content (AvgIpc) is 3.94. The molecule has 2 aliphatic heterocycles. The maximum absolute atomic E-state index is 13.4. The summed E-state index contributed by atoms with van der Waals surface area (Å²) in [5.74, 6) is -6.99. The van der Waals surface area contributed by atoms with Gasteiger partial charge in [-0.05, 0) is 53.7 Å². The molecule has 0 radical (unpaired) electrons. The minimum absolute atomic E-state index is 0.0539. The van der Waals surface area contributed by atoms with Crippen molar-refractivity contribution < 1.29 is 79.5 Å². The Labute approximate surface area is 397 Å². The molecule has 0 saturated carbocycles. The van der Waals surface area contributed by atoms with E-state index in [1.165, 1.54) is 24.4 Å². The number of Topliss-reactive ketones (excluding diaryl/α,β-unsaturated/α-hetero) is 1. The van der Waals surface area contributed by atoms with Crippen molar-refractivity contribution in [3.8, 4) is 5.88 Å². The van der Waals surface area contributed by atoms with Gasteiger partial charge in [0.25, 0.3) is 25.9 Å². The van der Waals surface area contributed by atoms with Gasteiger partial charge in [0.1, 0.15) is 21.1 Å². The van der Waals surface area contributed by atoms with Crippen molar-refractivity contribution in [2.45, 2.75) is 93.0 Å². The van der Waals surface area contributed by atoms with Crippen molar-refractivity contribution in [2.75, 3.05) is 77.7 Å². The number of hydrogen-bond donors (Lipinski definition) is 5. The molecule has 4 heterocycles. The van der Waals surface area contributed by atoms with Crippen LogP contribution in [0, 0.1) is 5.92 Å². The molecular formula is C39H59N7O17S4. The number of morpholine rings is 1. The smallest absolute Gasteiger partial charge is 0.328 e. The van der Waals surface area contributed by atoms with E-state index in [9.17, 15) is 45.6 Å². The summed E-state index contributed by atoms with van der Waals surface area (Å²) < 4.78 is 91.9. The van der Waals surface area contributed by atoms with E-state index in [2.05, 4.69) is 19.4 Å². The van der Waals surface area contributed by atoms with Gasteiger partial charge in [-0.25, -0.2) is 31.1 Å². The number of ether oxygens (including phenoxy) is 5. The Morgan fingerprint density at radius 1 is 1.01 bits per heavy atom. The number of hydrogen-bond acceptors (Lipinski definition) is 22. The average molecular weight is 1030 g/mol. The standard InChI is InChI=1S/C35H55N7O13S4.C4H4O4/c1-8-36-26-20-42(12-9-15-51-7)59(49,50)34-25(26)18-29(56-34)58(47,48)40-32(46)22(2)30(45)23(3)54-27(43)10-11-28(44)55-24(19-37-35(4,5)6)21-53-33-31(38-57-39-33)41-13-16-52-17-14-41;5-3(6)1-2-4(7)8/h18,22-24,26,36-37H,8-17,19-21H2,1-7H3,(H,40,46);1-2H,(H,5,6)(H,7,8)/b;2-1-/t22-,23+,24+,26+;/m1./s1. The maximum Gasteiger partial charge on any atom is 0.328 e. The third kappa shape index (κ3) is 18.1. The van der Waals surface area contributed by atoms with Crippen LogP contribution in [0.25, 0.3) is 0 Å². The van der Waals surface area contributed by atoms with E-state index < -0.39 is 96.8 Å². The van der Waals surface area contributed by atoms with E-state index in [1.807, 2.05) is 37.3 Å². The largest absolute Gasteiger partial charge is 0.478 e. The summed E-state index contributed by atoms with van der Waals surface area (Å²) >= 11 is 1.50. The number of fused-ring (bicyclic) bond motifs is 1. The highest BCUT2D eigenvalue weighted by Gasteiger charge is 2.41. The molecule has 24 nitrogen and oxygen atoms in total. The van der Waals surface area contributed by atoms with Gasteiger partial charge >= 0.3 is 23.9 Å². The van der Waals surface area contributed by atoms with Gasteiger partial charge < -0.3 is 49.4 Å². The first-order valence-electron chi connectivity index (χ1n) is 20.9. The molecular weight excluding hydrogens is 967 g/mol. The highest BCUT2D eigenvalue weighted by Crippen LogP contribution is 2.40. The third-order valence-electron chi connectivity index (χ3n) is 9.49. The lowest BCUT2D eigenvalue weighted by molar-refractivity contribution is -0.159. The summed E-state index contributed by atoms with van der Waals surface area (Å²) in [5.41, 5.74) is -0.0522. The molecule has 67 heavy (non-hydrogen) atoms. The fourth-order valence-corrected chi connectivity index (χ4v) is 11.6. The lowest BCUT2D eigenvalue weighted by Crippen LogP contribution is -2.44. The van der Waals surface area contributed by atoms with E-state index in [4.69, 9.17) is 33.9 Å². The van der Waals surface area contributed by atoms with Gasteiger partial charge in [-0.2, -0.15) is 8.68 Å². The van der Waals surface area contributed by atoms with Crippen molar-refractivity contribution >= 4 is 84.5 Å². The summed E-state index contributed by atoms with van der Waals surface area (Å²) in [6.07, 6.45) is -1.55. The van der Waals surface area contributed by atoms with E-state index in [0.717, 1.165) is 18.7 Å². The van der Waals surface area contributed by atoms with Crippen LogP contribution in [0.3, 0.4) is 0 Å². The number of amides is 1. The number of nitrogens with one attached hydrogen (secondary N) is 3. The monoisotopic (exact) mass is 1030 g/mol. The van der Waals surface area contributed by atoms with Crippen LogP contribution in [-0.4, -0.2) is 166 Å². The Kier molecular flexibility index (Phi) is 22.1. The predicted octanol–water partition coefficient (Wildman–Crippen LogP) is 0.940. The zero-order valence-corrected chi connectivity index (χ0v) is 41.4. The number of sulfonamides is 2. The summed E-state index contributed by atoms with van der Waals surface area (Å²) in [5, 5.41) is 22.1. The number of methoxy groups -OCH3 is 1. The molecule has 0 bridgehead atoms. The van der Waals surface area contributed by atoms with Gasteiger partial charge in [0.05, 0.1) is 43.7 Å². The minimum atomic E-state index is -4.62. The number of aromatic nitrogens is 2. The molecule has 0 aliphatic carbocycles. The quantitative estimate of drug-likeness (QED) is 0.0423. The van der Waals surface area contributed by atoms with Crippen LogP contribution in [0.5, 0.6) is 5.88 Å². The molecule has 4 rings (SSSR count). The summed E-state index contributed by atoms with van der Waals surface area (Å²) in [7, 11) is -7.16. The van der Waals surface area contributed by atoms with Gasteiger partial charge in [-0.3, -0.25) is 19.2 Å². The molecule has 28 heteroatoms. The zero-order chi connectivity index (χ0) is 50.1. The van der Waals surface area contributed by atoms with Crippen LogP contribution < -0.4 is 25.0 Å². The molecule has 2 aliphatic rings. The number of esters is 2. The number of carboxylic acids is 2. The van der Waals surface area contributed by atoms with E-state index >= 15 is 0 Å². The number of rotatable bonds is 24. The Hall–Kier alpha value is -4.68. The molecule has 1 saturated heterocycles. The second kappa shape index (κ2) is 26.2. The van der Waals surface area contributed by atoms with Crippen LogP contribution in [-0.2, 0) is 67.8 Å². The number of thiophene rings is 1. The van der Waals surface area contributed by atoms with Crippen molar-refractivity contribution in [1.82, 2.24) is 28.4 Å². The van der Waals surface area contributed by atoms with Gasteiger partial charge in [-0.1, -0.05) is 6.92 Å². The first-order valence-corrected chi connectivity index (χ1v) is 25.4. The second-order valence-electron chi connectivity index (χ2n) is 15.9. The summed E-state index contributed by atoms with van der Waals surface area (Å²) in [6.45, 7) is 13.6. The van der Waals surface area contributed by atoms with Gasteiger partial charge in [0.15, 0.2) is 11.9 Å². The topological polar surface area (TPSA) is 326 Å². The maximum atomic E-state index is 13.4. The number of ketones is 1. The van der Waals surface area contributed by atoms with Crippen LogP contribution >= 0.6 is 23.1 Å². The number of likely N-dealkylation sites (N-methyl/N-ethyl adjacent to an activating group) is 1. The molecule has 2 aromatic rings. The van der Waals surface area contributed by atoms with Crippen LogP contribution in [0.2, 0.25) is 0 Å². The number of anilines is 1. The molecule has 1 amide bonds. The number of nitrogens with zero attached hydrogens (tertiary/aromatic N) is 4. The molecule has 2 aromatic heterocycles. The van der Waals surface area contributed by atoms with Crippen molar-refractivity contribution in [3.05, 3.63) is 23.8 Å². The summed E-state index contributed by atoms with van der Waals surface area (Å²) in [6, 6.07) is 0.711. The predicted molar refractivity (Wildman–Crippen MR) is 241 cm³/mol. The fraction of sp³-hybridized carbons (Fsp3) is 0.641. The molecule has 0 unspecified atom stereocenters. The summed E-state index contributed by atoms with van der Waals surface area (Å²) in [4.78, 5) is 72.8. The van der Waals surface area contributed by atoms with Crippen LogP contribution in [0.1, 0.15) is 72.4 Å². The normalized spacial score (nSPS) is 17.5. The lowest BCUT2D eigenvalue weighted by atomic mass is 10.0. The third-order valence-corrected chi connectivity index (χ3v) is 15.4. The Morgan fingerprint density at radius 2 is 1.64 bits per heavy atom. The van der Waals surface area contributed by atoms with Crippen molar-refractivity contribution in [3.63, 3.8) is 0 Å². The molecule has 1 fully saturated rings. The van der Waals surface area contributed by atoms with Gasteiger partial charge in [-0.15, -0.1) is 15.7 Å². The van der Waals surface area contributed by atoms with Gasteiger partial charge in [0, 0.05) is 75.7 Å². The lowest BCUT2D eigenvalue weighted by Gasteiger charge is -2.32. The highest BCUT2D eigenvalue weighted by molar-refractivity contribution is 7.94. The second-order valence-corrected chi connectivity index (χ2v) is 21.5. The Balaban J connectivity index is 0.00000136. The first-order chi connectivity index (χ1) is 31.4. The Bertz CT molecular complexity index is 2260. The van der Waals surface area contributed by atoms with Crippen molar-refractivity contribution in [1.29, 1.82) is 0 Å². The van der Waals surface area contributed by atoms with Crippen LogP contribution in [0.15, 0.2) is 26.6 Å². The van der Waals surface area contributed by atoms with Crippen LogP contribution in [0.4, 0.5) is 5.82 Å². The number of carbonyl (C=O) groups is 6. The SMILES string of the molecule is CCN[C@H]1CN(CCCOC)S(=O)(=O)c2sc(S(=O)(=O)NC(=O)[C@H](C)C(=O)[C@H](C)OC(=O)CCC(=O)O[C@@H](CNC(C)(C)C)COc3nsnc3N3CCOCC3)cc21.O=C(O)/C=C\C(=O)O. The van der Waals surface area contributed by atoms with Crippen molar-refractivity contribution in [2.24, 2.45) is 5.92 Å². The Morgan fingerprint density at radius 3 is 2.22 bits per heavy atom. The molecule has 4 atom stereocenters. The van der Waals surface area contributed by atoms with E-state index in [1.54, 1.807) is 0 Å². The van der Waals surface area contributed by atoms with Gasteiger partial charge in [0.2, 0.25) is 11.7 Å². The highest BCUT2D eigenvalue weighted by atomic mass is 32.3. The number of carboxylic acid groups (broad SMARTS) is 2. The van der Waals surface area contributed by atoms with E-state index in [-0.39, 0.29) is 41.6 Å². The first kappa shape index (κ1) is 56.6. The number of carbonyl (C=O) groups excluding carboxylic acids is 4. The molecule has 0 spiro atoms.